The molecule has 0 aliphatic carbocycles. The largest absolute Gasteiger partial charge is 0.487 e. The maximum absolute atomic E-state index is 6.40. The predicted octanol–water partition coefficient (Wildman–Crippen LogP) is 3.43. The van der Waals surface area contributed by atoms with Crippen molar-refractivity contribution in [3.8, 4) is 5.75 Å². The molecule has 0 saturated carbocycles. The topological polar surface area (TPSA) is 30.5 Å². The number of hydrogen-bond donors (Lipinski definition) is 1. The van der Waals surface area contributed by atoms with Gasteiger partial charge in [0.05, 0.1) is 6.61 Å². The molecule has 2 heterocycles. The van der Waals surface area contributed by atoms with E-state index in [1.54, 1.807) is 0 Å². The Balaban J connectivity index is 1.95. The number of rotatable bonds is 1. The summed E-state index contributed by atoms with van der Waals surface area (Å²) >= 11 is 3.54. The quantitative estimate of drug-likeness (QED) is 0.858. The molecule has 104 valence electrons. The molecule has 1 saturated heterocycles. The maximum Gasteiger partial charge on any atom is 0.126 e. The van der Waals surface area contributed by atoms with Gasteiger partial charge in [0.1, 0.15) is 11.4 Å². The molecule has 0 radical (unpaired) electrons. The van der Waals surface area contributed by atoms with Crippen LogP contribution in [0.3, 0.4) is 0 Å². The maximum atomic E-state index is 6.40. The lowest BCUT2D eigenvalue weighted by atomic mass is 9.82. The second kappa shape index (κ2) is 5.43. The first-order chi connectivity index (χ1) is 9.22. The van der Waals surface area contributed by atoms with Gasteiger partial charge in [-0.2, -0.15) is 0 Å². The van der Waals surface area contributed by atoms with Gasteiger partial charge in [0, 0.05) is 35.5 Å². The first-order valence-electron chi connectivity index (χ1n) is 6.96. The van der Waals surface area contributed by atoms with Gasteiger partial charge in [0.2, 0.25) is 0 Å². The summed E-state index contributed by atoms with van der Waals surface area (Å²) in [6.45, 7) is 1.67. The number of benzene rings is 1. The van der Waals surface area contributed by atoms with Crippen molar-refractivity contribution in [2.75, 3.05) is 20.3 Å². The minimum atomic E-state index is -0.0576. The van der Waals surface area contributed by atoms with E-state index in [-0.39, 0.29) is 5.60 Å². The Bertz CT molecular complexity index is 455. The minimum Gasteiger partial charge on any atom is -0.487 e. The Morgan fingerprint density at radius 1 is 1.32 bits per heavy atom. The van der Waals surface area contributed by atoms with Gasteiger partial charge in [-0.15, -0.1) is 0 Å². The van der Waals surface area contributed by atoms with Crippen molar-refractivity contribution in [2.24, 2.45) is 0 Å². The highest BCUT2D eigenvalue weighted by Gasteiger charge is 2.40. The number of halogens is 1. The van der Waals surface area contributed by atoms with Crippen LogP contribution < -0.4 is 10.1 Å². The summed E-state index contributed by atoms with van der Waals surface area (Å²) in [6, 6.07) is 6.70. The molecule has 0 bridgehead atoms. The predicted molar refractivity (Wildman–Crippen MR) is 78.6 cm³/mol. The fourth-order valence-corrected chi connectivity index (χ4v) is 3.53. The number of nitrogens with one attached hydrogen (secondary N) is 1. The number of hydrogen-bond acceptors (Lipinski definition) is 3. The smallest absolute Gasteiger partial charge is 0.126 e. The van der Waals surface area contributed by atoms with Crippen molar-refractivity contribution in [3.63, 3.8) is 0 Å². The zero-order chi connectivity index (χ0) is 13.3. The van der Waals surface area contributed by atoms with E-state index in [1.807, 2.05) is 7.05 Å². The number of fused-ring (bicyclic) bond motifs is 1. The van der Waals surface area contributed by atoms with Crippen LogP contribution >= 0.6 is 15.9 Å². The third-order valence-corrected chi connectivity index (χ3v) is 4.72. The van der Waals surface area contributed by atoms with E-state index >= 15 is 0 Å². The summed E-state index contributed by atoms with van der Waals surface area (Å²) in [5, 5.41) is 3.44. The third-order valence-electron chi connectivity index (χ3n) is 4.23. The molecule has 0 amide bonds. The summed E-state index contributed by atoms with van der Waals surface area (Å²) in [5.74, 6) is 1.02. The van der Waals surface area contributed by atoms with Gasteiger partial charge in [0.25, 0.3) is 0 Å². The molecule has 1 aromatic carbocycles. The Morgan fingerprint density at radius 2 is 2.21 bits per heavy atom. The van der Waals surface area contributed by atoms with Crippen LogP contribution in [0.1, 0.15) is 37.3 Å². The molecule has 2 aliphatic rings. The minimum absolute atomic E-state index is 0.0576. The van der Waals surface area contributed by atoms with Crippen LogP contribution in [-0.2, 0) is 4.74 Å². The van der Waals surface area contributed by atoms with E-state index in [9.17, 15) is 0 Å². The van der Waals surface area contributed by atoms with Gasteiger partial charge < -0.3 is 14.8 Å². The fraction of sp³-hybridized carbons (Fsp3) is 0.600. The molecule has 3 nitrogen and oxygen atoms in total. The van der Waals surface area contributed by atoms with Crippen LogP contribution in [0.25, 0.3) is 0 Å². The number of ether oxygens (including phenoxy) is 2. The van der Waals surface area contributed by atoms with E-state index in [2.05, 4.69) is 39.4 Å². The normalized spacial score (nSPS) is 30.5. The Morgan fingerprint density at radius 3 is 3.05 bits per heavy atom. The van der Waals surface area contributed by atoms with Crippen LogP contribution in [0.2, 0.25) is 0 Å². The van der Waals surface area contributed by atoms with Crippen molar-refractivity contribution in [3.05, 3.63) is 28.2 Å². The fourth-order valence-electron chi connectivity index (χ4n) is 3.19. The lowest BCUT2D eigenvalue weighted by molar-refractivity contribution is 0.0117. The van der Waals surface area contributed by atoms with Crippen LogP contribution in [0.15, 0.2) is 22.7 Å². The van der Waals surface area contributed by atoms with Crippen molar-refractivity contribution >= 4 is 15.9 Å². The van der Waals surface area contributed by atoms with Crippen LogP contribution in [0, 0.1) is 0 Å². The van der Waals surface area contributed by atoms with E-state index in [0.717, 1.165) is 49.1 Å². The molecule has 1 fully saturated rings. The van der Waals surface area contributed by atoms with Gasteiger partial charge in [-0.25, -0.2) is 0 Å². The van der Waals surface area contributed by atoms with E-state index in [4.69, 9.17) is 9.47 Å². The molecule has 3 rings (SSSR count). The van der Waals surface area contributed by atoms with E-state index in [1.165, 1.54) is 5.56 Å². The monoisotopic (exact) mass is 325 g/mol. The zero-order valence-corrected chi connectivity index (χ0v) is 12.8. The molecule has 1 aromatic rings. The summed E-state index contributed by atoms with van der Waals surface area (Å²) in [5.41, 5.74) is 1.21. The summed E-state index contributed by atoms with van der Waals surface area (Å²) in [4.78, 5) is 0. The van der Waals surface area contributed by atoms with Gasteiger partial charge in [-0.3, -0.25) is 0 Å². The second-order valence-corrected chi connectivity index (χ2v) is 6.39. The molecule has 2 aliphatic heterocycles. The van der Waals surface area contributed by atoms with Gasteiger partial charge >= 0.3 is 0 Å². The van der Waals surface area contributed by atoms with Crippen LogP contribution in [-0.4, -0.2) is 25.9 Å². The first-order valence-corrected chi connectivity index (χ1v) is 7.75. The molecule has 2 unspecified atom stereocenters. The molecular weight excluding hydrogens is 306 g/mol. The SMILES string of the molecule is CNC1CC2(CCCOCC2)Oc2cc(Br)ccc21. The second-order valence-electron chi connectivity index (χ2n) is 5.48. The van der Waals surface area contributed by atoms with Gasteiger partial charge in [0.15, 0.2) is 0 Å². The molecule has 4 heteroatoms. The standard InChI is InChI=1S/C15H20BrNO2/c1-17-13-10-15(5-2-7-18-8-6-15)19-14-9-11(16)3-4-12(13)14/h3-4,9,13,17H,2,5-8,10H2,1H3. The molecule has 1 spiro atoms. The van der Waals surface area contributed by atoms with Crippen molar-refractivity contribution < 1.29 is 9.47 Å². The van der Waals surface area contributed by atoms with Crippen molar-refractivity contribution in [1.29, 1.82) is 0 Å². The van der Waals surface area contributed by atoms with Gasteiger partial charge in [-0.05, 0) is 32.0 Å². The summed E-state index contributed by atoms with van der Waals surface area (Å²) < 4.78 is 13.1. The summed E-state index contributed by atoms with van der Waals surface area (Å²) in [7, 11) is 2.03. The van der Waals surface area contributed by atoms with Crippen LogP contribution in [0.5, 0.6) is 5.75 Å². The zero-order valence-electron chi connectivity index (χ0n) is 11.2. The lowest BCUT2D eigenvalue weighted by Crippen LogP contribution is -2.43. The van der Waals surface area contributed by atoms with Crippen molar-refractivity contribution in [2.45, 2.75) is 37.3 Å². The molecule has 2 atom stereocenters. The lowest BCUT2D eigenvalue weighted by Gasteiger charge is -2.41. The Labute approximate surface area is 122 Å². The Hall–Kier alpha value is -0.580. The average Bonchev–Trinajstić information content (AvgIpc) is 2.63. The molecular formula is C15H20BrNO2. The highest BCUT2D eigenvalue weighted by atomic mass is 79.9. The van der Waals surface area contributed by atoms with Crippen LogP contribution in [0.4, 0.5) is 0 Å². The average molecular weight is 326 g/mol. The molecule has 1 N–H and O–H groups in total. The highest BCUT2D eigenvalue weighted by Crippen LogP contribution is 2.44. The highest BCUT2D eigenvalue weighted by molar-refractivity contribution is 9.10. The van der Waals surface area contributed by atoms with E-state index in [0.29, 0.717) is 6.04 Å². The molecule has 19 heavy (non-hydrogen) atoms. The first kappa shape index (κ1) is 13.4. The Kier molecular flexibility index (Phi) is 3.83. The van der Waals surface area contributed by atoms with E-state index < -0.39 is 0 Å². The van der Waals surface area contributed by atoms with Gasteiger partial charge in [-0.1, -0.05) is 22.0 Å². The third kappa shape index (κ3) is 2.67. The summed E-state index contributed by atoms with van der Waals surface area (Å²) in [6.07, 6.45) is 4.18. The molecule has 0 aromatic heterocycles. The van der Waals surface area contributed by atoms with Crippen molar-refractivity contribution in [1.82, 2.24) is 5.32 Å².